The molecule has 0 heterocycles. The van der Waals surface area contributed by atoms with E-state index in [4.69, 9.17) is 0 Å². The maximum atomic E-state index is 12.5. The van der Waals surface area contributed by atoms with Gasteiger partial charge in [0.1, 0.15) is 0 Å². The predicted octanol–water partition coefficient (Wildman–Crippen LogP) is 3.70. The highest BCUT2D eigenvalue weighted by Crippen LogP contribution is 2.14. The molecule has 1 aromatic carbocycles. The molecular weight excluding hydrogens is 211 g/mol. The Hall–Kier alpha value is -0.830. The molecule has 0 bridgehead atoms. The smallest absolute Gasteiger partial charge is 0.219 e. The van der Waals surface area contributed by atoms with Crippen molar-refractivity contribution in [2.24, 2.45) is 0 Å². The fourth-order valence-corrected chi connectivity index (χ4v) is 1.99. The first-order chi connectivity index (χ1) is 7.20. The van der Waals surface area contributed by atoms with E-state index in [0.717, 1.165) is 12.0 Å². The lowest BCUT2D eigenvalue weighted by Crippen LogP contribution is -1.97. The van der Waals surface area contributed by atoms with E-state index in [2.05, 4.69) is 0 Å². The van der Waals surface area contributed by atoms with Gasteiger partial charge in [-0.1, -0.05) is 42.1 Å². The molecule has 0 spiro atoms. The van der Waals surface area contributed by atoms with Crippen LogP contribution < -0.4 is 0 Å². The predicted molar refractivity (Wildman–Crippen MR) is 63.0 cm³/mol. The Balaban J connectivity index is 2.25. The summed E-state index contributed by atoms with van der Waals surface area (Å²) in [6, 6.07) is 9.17. The number of benzene rings is 1. The molecule has 0 radical (unpaired) electrons. The van der Waals surface area contributed by atoms with E-state index in [9.17, 15) is 9.18 Å². The summed E-state index contributed by atoms with van der Waals surface area (Å²) in [6.07, 6.45) is 0.521. The lowest BCUT2D eigenvalue weighted by molar-refractivity contribution is 0.108. The summed E-state index contributed by atoms with van der Waals surface area (Å²) >= 11 is 1.27. The van der Waals surface area contributed by atoms with Crippen LogP contribution in [0.2, 0.25) is 0 Å². The molecule has 0 aliphatic heterocycles. The largest absolute Gasteiger partial charge is 0.282 e. The van der Waals surface area contributed by atoms with Crippen molar-refractivity contribution in [3.63, 3.8) is 0 Å². The number of alkyl halides is 1. The van der Waals surface area contributed by atoms with Crippen LogP contribution in [0.3, 0.4) is 0 Å². The molecule has 3 heteroatoms. The van der Waals surface area contributed by atoms with Gasteiger partial charge in [-0.25, -0.2) is 4.39 Å². The van der Waals surface area contributed by atoms with Crippen LogP contribution in [0.5, 0.6) is 0 Å². The lowest BCUT2D eigenvalue weighted by atomic mass is 10.2. The monoisotopic (exact) mass is 226 g/mol. The molecule has 1 aromatic rings. The van der Waals surface area contributed by atoms with Crippen LogP contribution in [-0.2, 0) is 0 Å². The minimum absolute atomic E-state index is 0.0714. The number of rotatable bonds is 5. The van der Waals surface area contributed by atoms with Crippen molar-refractivity contribution in [3.05, 3.63) is 35.9 Å². The summed E-state index contributed by atoms with van der Waals surface area (Å²) in [7, 11) is 0. The summed E-state index contributed by atoms with van der Waals surface area (Å²) in [5.74, 6) is 0.696. The standard InChI is InChI=1S/C12H15FOS/c1-10(13)6-5-9-15-12(14)11-7-3-2-4-8-11/h2-4,7-8,10H,5-6,9H2,1H3. The highest BCUT2D eigenvalue weighted by atomic mass is 32.2. The first-order valence-corrected chi connectivity index (χ1v) is 6.05. The van der Waals surface area contributed by atoms with Gasteiger partial charge >= 0.3 is 0 Å². The molecule has 0 aliphatic carbocycles. The molecule has 0 saturated carbocycles. The summed E-state index contributed by atoms with van der Waals surface area (Å²) in [5.41, 5.74) is 0.718. The zero-order chi connectivity index (χ0) is 11.1. The number of carbonyl (C=O) groups is 1. The fraction of sp³-hybridized carbons (Fsp3) is 0.417. The molecule has 0 aliphatic rings. The fourth-order valence-electron chi connectivity index (χ4n) is 1.19. The maximum Gasteiger partial charge on any atom is 0.219 e. The van der Waals surface area contributed by atoms with Crippen molar-refractivity contribution in [3.8, 4) is 0 Å². The van der Waals surface area contributed by atoms with Crippen molar-refractivity contribution in [2.75, 3.05) is 5.75 Å². The highest BCUT2D eigenvalue weighted by molar-refractivity contribution is 8.14. The Morgan fingerprint density at radius 1 is 1.40 bits per heavy atom. The molecule has 0 aromatic heterocycles. The van der Waals surface area contributed by atoms with Crippen LogP contribution in [0.25, 0.3) is 0 Å². The van der Waals surface area contributed by atoms with Gasteiger partial charge in [0.25, 0.3) is 0 Å². The van der Waals surface area contributed by atoms with Gasteiger partial charge in [0.05, 0.1) is 6.17 Å². The first kappa shape index (κ1) is 12.2. The summed E-state index contributed by atoms with van der Waals surface area (Å²) in [5, 5.41) is 0.0714. The van der Waals surface area contributed by atoms with Gasteiger partial charge in [0.15, 0.2) is 0 Å². The molecule has 1 unspecified atom stereocenters. The molecule has 0 saturated heterocycles. The summed E-state index contributed by atoms with van der Waals surface area (Å²) < 4.78 is 12.5. The zero-order valence-electron chi connectivity index (χ0n) is 8.78. The van der Waals surface area contributed by atoms with E-state index in [1.807, 2.05) is 18.2 Å². The van der Waals surface area contributed by atoms with Crippen molar-refractivity contribution >= 4 is 16.9 Å². The van der Waals surface area contributed by atoms with E-state index >= 15 is 0 Å². The number of halogens is 1. The summed E-state index contributed by atoms with van der Waals surface area (Å²) in [4.78, 5) is 11.6. The average molecular weight is 226 g/mol. The Labute approximate surface area is 94.1 Å². The number of thioether (sulfide) groups is 1. The third-order valence-corrected chi connectivity index (χ3v) is 2.98. The minimum Gasteiger partial charge on any atom is -0.282 e. The first-order valence-electron chi connectivity index (χ1n) is 5.06. The third-order valence-electron chi connectivity index (χ3n) is 1.99. The molecular formula is C12H15FOS. The Kier molecular flexibility index (Phi) is 5.40. The van der Waals surface area contributed by atoms with Crippen LogP contribution in [0.1, 0.15) is 30.1 Å². The van der Waals surface area contributed by atoms with Crippen molar-refractivity contribution in [1.29, 1.82) is 0 Å². The Morgan fingerprint density at radius 2 is 2.07 bits per heavy atom. The van der Waals surface area contributed by atoms with E-state index in [1.54, 1.807) is 19.1 Å². The van der Waals surface area contributed by atoms with Crippen LogP contribution in [0, 0.1) is 0 Å². The number of carbonyl (C=O) groups excluding carboxylic acids is 1. The number of hydrogen-bond donors (Lipinski definition) is 0. The normalized spacial score (nSPS) is 12.4. The Bertz CT molecular complexity index is 298. The van der Waals surface area contributed by atoms with E-state index < -0.39 is 6.17 Å². The van der Waals surface area contributed by atoms with Gasteiger partial charge in [-0.05, 0) is 19.8 Å². The second-order valence-electron chi connectivity index (χ2n) is 3.42. The molecule has 82 valence electrons. The van der Waals surface area contributed by atoms with Crippen molar-refractivity contribution < 1.29 is 9.18 Å². The van der Waals surface area contributed by atoms with Gasteiger partial charge < -0.3 is 0 Å². The molecule has 15 heavy (non-hydrogen) atoms. The average Bonchev–Trinajstić information content (AvgIpc) is 2.25. The maximum absolute atomic E-state index is 12.5. The molecule has 0 amide bonds. The quantitative estimate of drug-likeness (QED) is 0.712. The topological polar surface area (TPSA) is 17.1 Å². The van der Waals surface area contributed by atoms with Crippen LogP contribution >= 0.6 is 11.8 Å². The molecule has 1 atom stereocenters. The second-order valence-corrected chi connectivity index (χ2v) is 4.49. The number of hydrogen-bond acceptors (Lipinski definition) is 2. The van der Waals surface area contributed by atoms with Gasteiger partial charge in [0.2, 0.25) is 5.12 Å². The molecule has 0 fully saturated rings. The molecule has 1 rings (SSSR count). The van der Waals surface area contributed by atoms with E-state index in [0.29, 0.717) is 12.2 Å². The molecule has 1 nitrogen and oxygen atoms in total. The molecule has 0 N–H and O–H groups in total. The van der Waals surface area contributed by atoms with Gasteiger partial charge in [-0.15, -0.1) is 0 Å². The minimum atomic E-state index is -0.766. The highest BCUT2D eigenvalue weighted by Gasteiger charge is 2.05. The van der Waals surface area contributed by atoms with Crippen LogP contribution in [0.15, 0.2) is 30.3 Å². The summed E-state index contributed by atoms with van der Waals surface area (Å²) in [6.45, 7) is 1.55. The SMILES string of the molecule is CC(F)CCCSC(=O)c1ccccc1. The van der Waals surface area contributed by atoms with Crippen molar-refractivity contribution in [2.45, 2.75) is 25.9 Å². The van der Waals surface area contributed by atoms with Gasteiger partial charge in [0, 0.05) is 11.3 Å². The van der Waals surface area contributed by atoms with Crippen LogP contribution in [-0.4, -0.2) is 17.0 Å². The third kappa shape index (κ3) is 4.98. The van der Waals surface area contributed by atoms with Crippen molar-refractivity contribution in [1.82, 2.24) is 0 Å². The Morgan fingerprint density at radius 3 is 2.67 bits per heavy atom. The zero-order valence-corrected chi connectivity index (χ0v) is 9.60. The van der Waals surface area contributed by atoms with E-state index in [1.165, 1.54) is 11.8 Å². The van der Waals surface area contributed by atoms with Gasteiger partial charge in [-0.2, -0.15) is 0 Å². The lowest BCUT2D eigenvalue weighted by Gasteiger charge is -2.01. The van der Waals surface area contributed by atoms with Crippen LogP contribution in [0.4, 0.5) is 4.39 Å². The van der Waals surface area contributed by atoms with Gasteiger partial charge in [-0.3, -0.25) is 4.79 Å². The second kappa shape index (κ2) is 6.62. The van der Waals surface area contributed by atoms with E-state index in [-0.39, 0.29) is 5.12 Å².